The second-order valence-corrected chi connectivity index (χ2v) is 12.8. The van der Waals surface area contributed by atoms with Crippen molar-refractivity contribution < 1.29 is 18.6 Å². The number of esters is 1. The maximum absolute atomic E-state index is 14.6. The Bertz CT molecular complexity index is 1080. The summed E-state index contributed by atoms with van der Waals surface area (Å²) in [6, 6.07) is 27.7. The molecule has 0 aliphatic heterocycles. The van der Waals surface area contributed by atoms with Crippen LogP contribution in [0.5, 0.6) is 0 Å². The van der Waals surface area contributed by atoms with Crippen molar-refractivity contribution in [2.24, 2.45) is 17.3 Å². The lowest BCUT2D eigenvalue weighted by Gasteiger charge is -2.40. The van der Waals surface area contributed by atoms with Crippen molar-refractivity contribution in [3.63, 3.8) is 0 Å². The average Bonchev–Trinajstić information content (AvgIpc) is 2.86. The Morgan fingerprint density at radius 3 is 1.57 bits per heavy atom. The van der Waals surface area contributed by atoms with Crippen molar-refractivity contribution in [2.75, 3.05) is 0 Å². The summed E-state index contributed by atoms with van der Waals surface area (Å²) in [5, 5.41) is 1.30. The van der Waals surface area contributed by atoms with Crippen LogP contribution in [0.3, 0.4) is 0 Å². The average molecular weight is 493 g/mol. The summed E-state index contributed by atoms with van der Waals surface area (Å²) in [6.07, 6.45) is -0.878. The zero-order valence-corrected chi connectivity index (χ0v) is 22.4. The van der Waals surface area contributed by atoms with Crippen molar-refractivity contribution in [3.05, 3.63) is 96.6 Å². The van der Waals surface area contributed by atoms with Crippen LogP contribution in [0.1, 0.15) is 51.9 Å². The van der Waals surface area contributed by atoms with Gasteiger partial charge in [-0.05, 0) is 47.7 Å². The molecule has 0 bridgehead atoms. The molecule has 186 valence electrons. The van der Waals surface area contributed by atoms with Crippen LogP contribution in [0.4, 0.5) is 0 Å². The highest BCUT2D eigenvalue weighted by molar-refractivity contribution is 7.74. The zero-order valence-electron chi connectivity index (χ0n) is 21.5. The van der Waals surface area contributed by atoms with E-state index in [4.69, 9.17) is 9.26 Å². The number of hydrogen-bond acceptors (Lipinski definition) is 4. The molecule has 0 heterocycles. The Balaban J connectivity index is 1.99. The molecule has 0 aliphatic rings. The van der Waals surface area contributed by atoms with Gasteiger partial charge in [-0.15, -0.1) is 0 Å². The van der Waals surface area contributed by atoms with Crippen molar-refractivity contribution in [1.29, 1.82) is 0 Å². The minimum Gasteiger partial charge on any atom is -0.458 e. The van der Waals surface area contributed by atoms with E-state index in [0.717, 1.165) is 0 Å². The van der Waals surface area contributed by atoms with E-state index in [1.165, 1.54) is 0 Å². The fourth-order valence-electron chi connectivity index (χ4n) is 4.52. The fraction of sp³-hybridized carbons (Fsp3) is 0.367. The van der Waals surface area contributed by atoms with Crippen LogP contribution in [0.2, 0.25) is 0 Å². The largest absolute Gasteiger partial charge is 0.458 e. The molecule has 0 saturated heterocycles. The quantitative estimate of drug-likeness (QED) is 0.242. The first-order valence-corrected chi connectivity index (χ1v) is 13.8. The Hall–Kier alpha value is -2.68. The van der Waals surface area contributed by atoms with Crippen molar-refractivity contribution >= 4 is 23.9 Å². The first kappa shape index (κ1) is 26.9. The monoisotopic (exact) mass is 492 g/mol. The van der Waals surface area contributed by atoms with Gasteiger partial charge in [-0.25, -0.2) is 4.79 Å². The lowest BCUT2D eigenvalue weighted by molar-refractivity contribution is -0.0587. The Labute approximate surface area is 210 Å². The van der Waals surface area contributed by atoms with Gasteiger partial charge in [-0.2, -0.15) is 0 Å². The van der Waals surface area contributed by atoms with Gasteiger partial charge in [0.1, 0.15) is 6.10 Å². The van der Waals surface area contributed by atoms with E-state index in [9.17, 15) is 9.36 Å². The first-order valence-electron chi connectivity index (χ1n) is 12.2. The molecule has 5 heteroatoms. The molecule has 3 aromatic rings. The van der Waals surface area contributed by atoms with Gasteiger partial charge in [0.2, 0.25) is 0 Å². The van der Waals surface area contributed by atoms with E-state index in [0.29, 0.717) is 16.2 Å². The van der Waals surface area contributed by atoms with Gasteiger partial charge >= 0.3 is 5.97 Å². The number of hydrogen-bond donors (Lipinski definition) is 0. The van der Waals surface area contributed by atoms with Gasteiger partial charge in [0.25, 0.3) is 7.37 Å². The first-order chi connectivity index (χ1) is 16.5. The van der Waals surface area contributed by atoms with Gasteiger partial charge in [-0.1, -0.05) is 96.1 Å². The van der Waals surface area contributed by atoms with E-state index in [1.807, 2.05) is 85.8 Å². The van der Waals surface area contributed by atoms with Crippen LogP contribution in [-0.4, -0.2) is 18.2 Å². The van der Waals surface area contributed by atoms with Gasteiger partial charge < -0.3 is 9.26 Å². The van der Waals surface area contributed by atoms with E-state index >= 15 is 0 Å². The number of ether oxygens (including phenoxy) is 1. The van der Waals surface area contributed by atoms with Gasteiger partial charge in [0.05, 0.1) is 11.7 Å². The maximum Gasteiger partial charge on any atom is 0.338 e. The van der Waals surface area contributed by atoms with Crippen LogP contribution in [0, 0.1) is 17.3 Å². The Kier molecular flexibility index (Phi) is 8.74. The molecule has 3 rings (SSSR count). The second-order valence-electron chi connectivity index (χ2n) is 10.5. The molecule has 4 nitrogen and oxygen atoms in total. The molecule has 0 fully saturated rings. The third-order valence-electron chi connectivity index (χ3n) is 6.21. The van der Waals surface area contributed by atoms with Crippen LogP contribution in [-0.2, 0) is 13.8 Å². The molecule has 0 radical (unpaired) electrons. The molecule has 3 atom stereocenters. The van der Waals surface area contributed by atoms with E-state index in [1.54, 1.807) is 12.1 Å². The Morgan fingerprint density at radius 2 is 1.17 bits per heavy atom. The molecule has 3 unspecified atom stereocenters. The third-order valence-corrected chi connectivity index (χ3v) is 8.71. The highest BCUT2D eigenvalue weighted by Crippen LogP contribution is 2.49. The van der Waals surface area contributed by atoms with Crippen LogP contribution < -0.4 is 10.6 Å². The number of rotatable bonds is 9. The number of carbonyl (C=O) groups is 1. The molecule has 0 spiro atoms. The van der Waals surface area contributed by atoms with Crippen molar-refractivity contribution in [3.8, 4) is 0 Å². The zero-order chi connectivity index (χ0) is 25.6. The molecule has 0 amide bonds. The van der Waals surface area contributed by atoms with Crippen LogP contribution in [0.15, 0.2) is 91.0 Å². The smallest absolute Gasteiger partial charge is 0.338 e. The summed E-state index contributed by atoms with van der Waals surface area (Å²) >= 11 is 0. The molecule has 35 heavy (non-hydrogen) atoms. The predicted octanol–water partition coefficient (Wildman–Crippen LogP) is 6.86. The summed E-state index contributed by atoms with van der Waals surface area (Å²) in [7, 11) is -3.41. The predicted molar refractivity (Wildman–Crippen MR) is 144 cm³/mol. The standard InChI is InChI=1S/C30H37O4P/c1-22(2)27(23(3)28(30(4,5)6)33-29(31)24-16-10-7-11-17-24)34-35(32,25-18-12-8-13-19-25)26-20-14-9-15-21-26/h7-23,27-28H,1-6H3. The Morgan fingerprint density at radius 1 is 0.743 bits per heavy atom. The normalized spacial score (nSPS) is 14.8. The molecular weight excluding hydrogens is 455 g/mol. The maximum atomic E-state index is 14.6. The minimum atomic E-state index is -3.41. The van der Waals surface area contributed by atoms with Gasteiger partial charge in [0.15, 0.2) is 0 Å². The highest BCUT2D eigenvalue weighted by atomic mass is 31.2. The molecule has 3 aromatic carbocycles. The summed E-state index contributed by atoms with van der Waals surface area (Å²) < 4.78 is 27.4. The summed E-state index contributed by atoms with van der Waals surface area (Å²) in [6.45, 7) is 12.3. The van der Waals surface area contributed by atoms with Crippen molar-refractivity contribution in [2.45, 2.75) is 53.8 Å². The lowest BCUT2D eigenvalue weighted by Crippen LogP contribution is -2.45. The number of carbonyl (C=O) groups excluding carboxylic acids is 1. The number of benzene rings is 3. The van der Waals surface area contributed by atoms with E-state index in [2.05, 4.69) is 34.6 Å². The molecule has 0 N–H and O–H groups in total. The van der Waals surface area contributed by atoms with Gasteiger partial charge in [-0.3, -0.25) is 4.57 Å². The minimum absolute atomic E-state index is 0.0334. The third kappa shape index (κ3) is 6.51. The summed E-state index contributed by atoms with van der Waals surface area (Å²) in [5.41, 5.74) is 0.152. The van der Waals surface area contributed by atoms with E-state index < -0.39 is 19.6 Å². The molecular formula is C30H37O4P. The van der Waals surface area contributed by atoms with Crippen LogP contribution >= 0.6 is 7.37 Å². The van der Waals surface area contributed by atoms with Gasteiger partial charge in [0, 0.05) is 16.5 Å². The van der Waals surface area contributed by atoms with Crippen molar-refractivity contribution in [1.82, 2.24) is 0 Å². The highest BCUT2D eigenvalue weighted by Gasteiger charge is 2.42. The molecule has 0 saturated carbocycles. The van der Waals surface area contributed by atoms with Crippen LogP contribution in [0.25, 0.3) is 0 Å². The second kappa shape index (κ2) is 11.4. The molecule has 0 aromatic heterocycles. The van der Waals surface area contributed by atoms with E-state index in [-0.39, 0.29) is 23.2 Å². The topological polar surface area (TPSA) is 52.6 Å². The molecule has 0 aliphatic carbocycles. The summed E-state index contributed by atoms with van der Waals surface area (Å²) in [4.78, 5) is 13.0. The summed E-state index contributed by atoms with van der Waals surface area (Å²) in [5.74, 6) is -0.552. The lowest BCUT2D eigenvalue weighted by atomic mass is 9.77. The fourth-order valence-corrected chi connectivity index (χ4v) is 6.97. The SMILES string of the molecule is CC(C)C(OP(=O)(c1ccccc1)c1ccccc1)C(C)C(OC(=O)c1ccccc1)C(C)(C)C.